The van der Waals surface area contributed by atoms with Crippen LogP contribution in [0.2, 0.25) is 0 Å². The number of rotatable bonds is 8. The summed E-state index contributed by atoms with van der Waals surface area (Å²) in [6.45, 7) is 11.7. The summed E-state index contributed by atoms with van der Waals surface area (Å²) in [7, 11) is 3.31. The van der Waals surface area contributed by atoms with E-state index in [0.717, 1.165) is 82.8 Å². The minimum Gasteiger partial charge on any atom is -0.497 e. The first kappa shape index (κ1) is 26.8. The topological polar surface area (TPSA) is 93.5 Å². The molecular formula is C31H36N8O2. The highest BCUT2D eigenvalue weighted by molar-refractivity contribution is 6.10. The summed E-state index contributed by atoms with van der Waals surface area (Å²) in [4.78, 5) is 19.1. The predicted octanol–water partition coefficient (Wildman–Crippen LogP) is 5.53. The molecule has 6 rings (SSSR count). The van der Waals surface area contributed by atoms with Gasteiger partial charge < -0.3 is 24.6 Å². The molecule has 3 aromatic heterocycles. The smallest absolute Gasteiger partial charge is 0.228 e. The Bertz CT molecular complexity index is 1650. The Labute approximate surface area is 239 Å². The number of anilines is 3. The van der Waals surface area contributed by atoms with Crippen molar-refractivity contribution in [2.24, 2.45) is 0 Å². The van der Waals surface area contributed by atoms with Crippen molar-refractivity contribution in [1.82, 2.24) is 29.6 Å². The molecular weight excluding hydrogens is 516 g/mol. The van der Waals surface area contributed by atoms with Crippen molar-refractivity contribution in [3.05, 3.63) is 55.0 Å². The van der Waals surface area contributed by atoms with Gasteiger partial charge in [-0.2, -0.15) is 5.10 Å². The molecule has 0 aliphatic carbocycles. The summed E-state index contributed by atoms with van der Waals surface area (Å²) in [6.07, 6.45) is 5.68. The number of nitrogens with zero attached hydrogens (tertiary/aromatic N) is 7. The summed E-state index contributed by atoms with van der Waals surface area (Å²) in [5.74, 6) is 2.64. The predicted molar refractivity (Wildman–Crippen MR) is 164 cm³/mol. The molecule has 0 bridgehead atoms. The molecule has 1 saturated heterocycles. The number of piperazine rings is 1. The van der Waals surface area contributed by atoms with Crippen LogP contribution in [0.15, 0.2) is 55.0 Å². The van der Waals surface area contributed by atoms with Crippen molar-refractivity contribution >= 4 is 39.3 Å². The normalized spacial score (nSPS) is 14.2. The summed E-state index contributed by atoms with van der Waals surface area (Å²) < 4.78 is 13.1. The first-order chi connectivity index (χ1) is 20.0. The van der Waals surface area contributed by atoms with Crippen molar-refractivity contribution in [3.8, 4) is 22.6 Å². The van der Waals surface area contributed by atoms with Gasteiger partial charge in [-0.3, -0.25) is 4.68 Å². The molecule has 5 aromatic rings. The van der Waals surface area contributed by atoms with Crippen LogP contribution in [0.5, 0.6) is 11.5 Å². The zero-order chi connectivity index (χ0) is 28.5. The summed E-state index contributed by atoms with van der Waals surface area (Å²) in [5, 5.41) is 9.96. The second-order valence-electron chi connectivity index (χ2n) is 10.6. The number of hydrogen-bond acceptors (Lipinski definition) is 9. The van der Waals surface area contributed by atoms with E-state index in [-0.39, 0.29) is 6.04 Å². The molecule has 0 amide bonds. The van der Waals surface area contributed by atoms with Crippen LogP contribution >= 0.6 is 0 Å². The van der Waals surface area contributed by atoms with Crippen LogP contribution in [0.25, 0.3) is 32.9 Å². The van der Waals surface area contributed by atoms with Crippen molar-refractivity contribution in [3.63, 3.8) is 0 Å². The van der Waals surface area contributed by atoms with Gasteiger partial charge >= 0.3 is 0 Å². The molecule has 1 aliphatic heterocycles. The Morgan fingerprint density at radius 3 is 2.29 bits per heavy atom. The van der Waals surface area contributed by atoms with Crippen LogP contribution in [-0.2, 0) is 0 Å². The minimum absolute atomic E-state index is 0.144. The fraction of sp³-hybridized carbons (Fsp3) is 0.355. The molecule has 0 saturated carbocycles. The quantitative estimate of drug-likeness (QED) is 0.267. The van der Waals surface area contributed by atoms with Gasteiger partial charge in [0.25, 0.3) is 0 Å². The summed E-state index contributed by atoms with van der Waals surface area (Å²) in [5.41, 5.74) is 4.90. The molecule has 0 atom stereocenters. The van der Waals surface area contributed by atoms with Crippen molar-refractivity contribution in [2.45, 2.75) is 26.8 Å². The molecule has 10 nitrogen and oxygen atoms in total. The fourth-order valence-corrected chi connectivity index (χ4v) is 5.45. The second-order valence-corrected chi connectivity index (χ2v) is 10.6. The standard InChI is InChI=1S/C31H36N8O2/c1-6-37-9-11-38(12-10-37)23-7-8-28(32-18-23)35-31-33-17-22-15-26(21-13-24(40-4)16-25(14-21)41-5)27-19-34-39(20(2)3)30(27)29(22)36-31/h7-8,13-20H,6,9-12H2,1-5H3,(H,32,33,35,36). The maximum Gasteiger partial charge on any atom is 0.228 e. The largest absolute Gasteiger partial charge is 0.497 e. The van der Waals surface area contributed by atoms with Crippen LogP contribution in [0, 0.1) is 0 Å². The first-order valence-electron chi connectivity index (χ1n) is 14.1. The Balaban J connectivity index is 1.36. The molecule has 1 aliphatic rings. The zero-order valence-corrected chi connectivity index (χ0v) is 24.3. The lowest BCUT2D eigenvalue weighted by atomic mass is 9.99. The van der Waals surface area contributed by atoms with Crippen molar-refractivity contribution in [2.75, 3.05) is 57.2 Å². The van der Waals surface area contributed by atoms with E-state index in [2.05, 4.69) is 58.0 Å². The molecule has 1 N–H and O–H groups in total. The molecule has 4 heterocycles. The highest BCUT2D eigenvalue weighted by atomic mass is 16.5. The Morgan fingerprint density at radius 2 is 1.66 bits per heavy atom. The highest BCUT2D eigenvalue weighted by Crippen LogP contribution is 2.38. The van der Waals surface area contributed by atoms with E-state index in [4.69, 9.17) is 19.6 Å². The van der Waals surface area contributed by atoms with Gasteiger partial charge in [-0.05, 0) is 61.9 Å². The van der Waals surface area contributed by atoms with Crippen LogP contribution in [-0.4, -0.2) is 76.6 Å². The van der Waals surface area contributed by atoms with E-state index in [1.165, 1.54) is 0 Å². The number of nitrogens with one attached hydrogen (secondary N) is 1. The van der Waals surface area contributed by atoms with Crippen LogP contribution in [0.1, 0.15) is 26.8 Å². The number of aromatic nitrogens is 5. The van der Waals surface area contributed by atoms with Gasteiger partial charge in [0.1, 0.15) is 22.8 Å². The van der Waals surface area contributed by atoms with Crippen molar-refractivity contribution < 1.29 is 9.47 Å². The zero-order valence-electron chi connectivity index (χ0n) is 24.3. The highest BCUT2D eigenvalue weighted by Gasteiger charge is 2.19. The fourth-order valence-electron chi connectivity index (χ4n) is 5.45. The van der Waals surface area contributed by atoms with E-state index in [1.807, 2.05) is 47.5 Å². The number of pyridine rings is 1. The van der Waals surface area contributed by atoms with E-state index in [9.17, 15) is 0 Å². The maximum absolute atomic E-state index is 5.54. The molecule has 0 radical (unpaired) electrons. The first-order valence-corrected chi connectivity index (χ1v) is 14.1. The Kier molecular flexibility index (Phi) is 7.32. The third-order valence-corrected chi connectivity index (χ3v) is 7.75. The lowest BCUT2D eigenvalue weighted by molar-refractivity contribution is 0.271. The average Bonchev–Trinajstić information content (AvgIpc) is 3.47. The number of methoxy groups -OCH3 is 2. The van der Waals surface area contributed by atoms with Gasteiger partial charge in [0, 0.05) is 55.3 Å². The molecule has 212 valence electrons. The average molecular weight is 553 g/mol. The van der Waals surface area contributed by atoms with Crippen LogP contribution in [0.3, 0.4) is 0 Å². The maximum atomic E-state index is 5.54. The lowest BCUT2D eigenvalue weighted by Crippen LogP contribution is -2.46. The minimum atomic E-state index is 0.144. The van der Waals surface area contributed by atoms with Crippen molar-refractivity contribution in [1.29, 1.82) is 0 Å². The molecule has 2 aromatic carbocycles. The Morgan fingerprint density at radius 1 is 0.902 bits per heavy atom. The van der Waals surface area contributed by atoms with Gasteiger partial charge in [-0.1, -0.05) is 6.92 Å². The van der Waals surface area contributed by atoms with Crippen LogP contribution in [0.4, 0.5) is 17.5 Å². The van der Waals surface area contributed by atoms with Crippen LogP contribution < -0.4 is 19.7 Å². The molecule has 10 heteroatoms. The molecule has 0 unspecified atom stereocenters. The van der Waals surface area contributed by atoms with Gasteiger partial charge in [-0.25, -0.2) is 15.0 Å². The SMILES string of the molecule is CCN1CCN(c2ccc(Nc3ncc4cc(-c5cc(OC)cc(OC)c5)c5cnn(C(C)C)c5c4n3)nc2)CC1. The third kappa shape index (κ3) is 5.22. The van der Waals surface area contributed by atoms with E-state index < -0.39 is 0 Å². The molecule has 1 fully saturated rings. The van der Waals surface area contributed by atoms with E-state index in [0.29, 0.717) is 11.8 Å². The number of likely N-dealkylation sites (N-methyl/N-ethyl adjacent to an activating group) is 1. The Hall–Kier alpha value is -4.44. The summed E-state index contributed by atoms with van der Waals surface area (Å²) in [6, 6.07) is 12.2. The number of fused-ring (bicyclic) bond motifs is 3. The van der Waals surface area contributed by atoms with Gasteiger partial charge in [0.15, 0.2) is 0 Å². The molecule has 41 heavy (non-hydrogen) atoms. The van der Waals surface area contributed by atoms with Gasteiger partial charge in [0.2, 0.25) is 5.95 Å². The number of benzene rings is 2. The summed E-state index contributed by atoms with van der Waals surface area (Å²) >= 11 is 0. The second kappa shape index (κ2) is 11.2. The van der Waals surface area contributed by atoms with E-state index >= 15 is 0 Å². The van der Waals surface area contributed by atoms with Gasteiger partial charge in [0.05, 0.1) is 37.8 Å². The monoisotopic (exact) mass is 552 g/mol. The lowest BCUT2D eigenvalue weighted by Gasteiger charge is -2.35. The number of ether oxygens (including phenoxy) is 2. The third-order valence-electron chi connectivity index (χ3n) is 7.75. The van der Waals surface area contributed by atoms with Gasteiger partial charge in [-0.15, -0.1) is 0 Å². The number of hydrogen-bond donors (Lipinski definition) is 1. The molecule has 0 spiro atoms. The van der Waals surface area contributed by atoms with E-state index in [1.54, 1.807) is 14.2 Å².